The molecule has 0 spiro atoms. The quantitative estimate of drug-likeness (QED) is 0.709. The van der Waals surface area contributed by atoms with Gasteiger partial charge in [-0.3, -0.25) is 14.6 Å². The molecule has 1 N–H and O–H groups in total. The van der Waals surface area contributed by atoms with E-state index in [9.17, 15) is 23.5 Å². The van der Waals surface area contributed by atoms with E-state index < -0.39 is 11.9 Å². The molecular formula is C23H21F2N3O5. The lowest BCUT2D eigenvalue weighted by molar-refractivity contribution is -0.286. The third-order valence-electron chi connectivity index (χ3n) is 5.93. The van der Waals surface area contributed by atoms with Gasteiger partial charge in [-0.05, 0) is 48.7 Å². The molecular weight excluding hydrogens is 436 g/mol. The van der Waals surface area contributed by atoms with Crippen LogP contribution in [0.2, 0.25) is 0 Å². The first-order valence-electron chi connectivity index (χ1n) is 10.6. The van der Waals surface area contributed by atoms with Crippen LogP contribution in [-0.4, -0.2) is 64.2 Å². The number of aliphatic hydroxyl groups is 1. The topological polar surface area (TPSA) is 92.2 Å². The van der Waals surface area contributed by atoms with Crippen molar-refractivity contribution < 1.29 is 33.0 Å². The monoisotopic (exact) mass is 457 g/mol. The summed E-state index contributed by atoms with van der Waals surface area (Å²) in [6, 6.07) is 7.54. The Kier molecular flexibility index (Phi) is 5.04. The fourth-order valence-electron chi connectivity index (χ4n) is 3.85. The van der Waals surface area contributed by atoms with Gasteiger partial charge in [-0.15, -0.1) is 8.78 Å². The van der Waals surface area contributed by atoms with Gasteiger partial charge in [0.1, 0.15) is 5.60 Å². The number of ether oxygens (including phenoxy) is 2. The molecule has 33 heavy (non-hydrogen) atoms. The molecule has 1 aromatic heterocycles. The fraction of sp³-hybridized carbons (Fsp3) is 0.348. The van der Waals surface area contributed by atoms with Crippen LogP contribution in [0.4, 0.5) is 8.78 Å². The van der Waals surface area contributed by atoms with Crippen LogP contribution in [0, 0.1) is 0 Å². The number of carbonyl (C=O) groups is 2. The van der Waals surface area contributed by atoms with Crippen molar-refractivity contribution in [3.8, 4) is 11.5 Å². The molecule has 2 amide bonds. The maximum absolute atomic E-state index is 13.1. The third-order valence-corrected chi connectivity index (χ3v) is 5.93. The fourth-order valence-corrected chi connectivity index (χ4v) is 3.85. The maximum atomic E-state index is 13.1. The highest BCUT2D eigenvalue weighted by molar-refractivity contribution is 5.95. The first-order chi connectivity index (χ1) is 15.7. The van der Waals surface area contributed by atoms with Crippen LogP contribution in [0.15, 0.2) is 42.6 Å². The molecule has 2 aliphatic heterocycles. The van der Waals surface area contributed by atoms with Gasteiger partial charge in [0.25, 0.3) is 5.91 Å². The van der Waals surface area contributed by atoms with E-state index in [0.29, 0.717) is 55.8 Å². The Morgan fingerprint density at radius 2 is 1.70 bits per heavy atom. The predicted octanol–water partition coefficient (Wildman–Crippen LogP) is 2.38. The van der Waals surface area contributed by atoms with Gasteiger partial charge < -0.3 is 24.4 Å². The van der Waals surface area contributed by atoms with Crippen LogP contribution in [0.1, 0.15) is 34.5 Å². The van der Waals surface area contributed by atoms with Crippen LogP contribution in [-0.2, 0) is 10.4 Å². The van der Waals surface area contributed by atoms with Crippen LogP contribution in [0.5, 0.6) is 11.5 Å². The van der Waals surface area contributed by atoms with Crippen LogP contribution in [0.3, 0.4) is 0 Å². The molecule has 1 saturated carbocycles. The lowest BCUT2D eigenvalue weighted by atomic mass is 10.1. The van der Waals surface area contributed by atoms with Crippen molar-refractivity contribution in [2.24, 2.45) is 0 Å². The molecule has 8 nitrogen and oxygen atoms in total. The normalized spacial score (nSPS) is 20.2. The Balaban J connectivity index is 1.17. The van der Waals surface area contributed by atoms with E-state index in [-0.39, 0.29) is 23.3 Å². The van der Waals surface area contributed by atoms with E-state index >= 15 is 0 Å². The Hall–Kier alpha value is -3.53. The number of hydrogen-bond donors (Lipinski definition) is 1. The SMILES string of the molecule is O=C(/C=C/c1ccc2c(c1)OC(F)(F)O2)N1CCN(C(=O)c2ccnc(C3(O)CC3)c2)CC1. The molecule has 172 valence electrons. The number of amides is 2. The highest BCUT2D eigenvalue weighted by Gasteiger charge is 2.44. The summed E-state index contributed by atoms with van der Waals surface area (Å²) < 4.78 is 35.0. The molecule has 10 heteroatoms. The van der Waals surface area contributed by atoms with Gasteiger partial charge >= 0.3 is 6.29 Å². The highest BCUT2D eigenvalue weighted by atomic mass is 19.3. The lowest BCUT2D eigenvalue weighted by Crippen LogP contribution is -2.50. The van der Waals surface area contributed by atoms with E-state index in [4.69, 9.17) is 0 Å². The zero-order valence-corrected chi connectivity index (χ0v) is 17.5. The molecule has 2 fully saturated rings. The van der Waals surface area contributed by atoms with Crippen molar-refractivity contribution in [1.29, 1.82) is 0 Å². The Labute approximate surface area is 188 Å². The summed E-state index contributed by atoms with van der Waals surface area (Å²) in [4.78, 5) is 32.8. The number of piperazine rings is 1. The van der Waals surface area contributed by atoms with Crippen molar-refractivity contribution in [3.63, 3.8) is 0 Å². The first-order valence-corrected chi connectivity index (χ1v) is 10.6. The number of pyridine rings is 1. The zero-order chi connectivity index (χ0) is 23.2. The summed E-state index contributed by atoms with van der Waals surface area (Å²) in [7, 11) is 0. The summed E-state index contributed by atoms with van der Waals surface area (Å²) in [6.45, 7) is 1.48. The maximum Gasteiger partial charge on any atom is 0.586 e. The van der Waals surface area contributed by atoms with Gasteiger partial charge in [-0.2, -0.15) is 0 Å². The minimum Gasteiger partial charge on any atom is -0.395 e. The smallest absolute Gasteiger partial charge is 0.395 e. The zero-order valence-electron chi connectivity index (χ0n) is 17.5. The number of benzene rings is 1. The number of halogens is 2. The molecule has 0 radical (unpaired) electrons. The summed E-state index contributed by atoms with van der Waals surface area (Å²) in [5.74, 6) is -0.554. The second-order valence-corrected chi connectivity index (χ2v) is 8.29. The number of rotatable bonds is 4. The Bertz CT molecular complexity index is 1140. The second-order valence-electron chi connectivity index (χ2n) is 8.29. The first kappa shape index (κ1) is 21.3. The molecule has 0 atom stereocenters. The molecule has 3 aliphatic rings. The van der Waals surface area contributed by atoms with Gasteiger partial charge in [-0.25, -0.2) is 0 Å². The average Bonchev–Trinajstić information content (AvgIpc) is 3.48. The molecule has 0 unspecified atom stereocenters. The number of alkyl halides is 2. The Morgan fingerprint density at radius 1 is 1.00 bits per heavy atom. The summed E-state index contributed by atoms with van der Waals surface area (Å²) in [5.41, 5.74) is 0.586. The number of nitrogens with zero attached hydrogens (tertiary/aromatic N) is 3. The molecule has 1 saturated heterocycles. The van der Waals surface area contributed by atoms with Gasteiger partial charge in [0, 0.05) is 44.0 Å². The van der Waals surface area contributed by atoms with Gasteiger partial charge in [-0.1, -0.05) is 6.07 Å². The molecule has 5 rings (SSSR count). The molecule has 1 aromatic carbocycles. The molecule has 3 heterocycles. The van der Waals surface area contributed by atoms with E-state index in [2.05, 4.69) is 14.5 Å². The van der Waals surface area contributed by atoms with E-state index in [1.165, 1.54) is 30.5 Å². The average molecular weight is 457 g/mol. The van der Waals surface area contributed by atoms with Crippen LogP contribution >= 0.6 is 0 Å². The summed E-state index contributed by atoms with van der Waals surface area (Å²) in [5, 5.41) is 10.2. The number of hydrogen-bond acceptors (Lipinski definition) is 6. The van der Waals surface area contributed by atoms with Crippen molar-refractivity contribution in [1.82, 2.24) is 14.8 Å². The number of carbonyl (C=O) groups excluding carboxylic acids is 2. The third kappa shape index (κ3) is 4.38. The van der Waals surface area contributed by atoms with Crippen molar-refractivity contribution in [2.45, 2.75) is 24.7 Å². The van der Waals surface area contributed by atoms with E-state index in [1.54, 1.807) is 28.0 Å². The summed E-state index contributed by atoms with van der Waals surface area (Å²) >= 11 is 0. The Morgan fingerprint density at radius 3 is 2.42 bits per heavy atom. The van der Waals surface area contributed by atoms with E-state index in [1.807, 2.05) is 0 Å². The minimum atomic E-state index is -3.69. The van der Waals surface area contributed by atoms with Gasteiger partial charge in [0.15, 0.2) is 11.5 Å². The molecule has 2 aromatic rings. The lowest BCUT2D eigenvalue weighted by Gasteiger charge is -2.34. The number of fused-ring (bicyclic) bond motifs is 1. The van der Waals surface area contributed by atoms with Crippen molar-refractivity contribution >= 4 is 17.9 Å². The molecule has 1 aliphatic carbocycles. The standard InChI is InChI=1S/C23H21F2N3O5/c24-23(25)32-17-3-1-15(13-18(17)33-23)2-4-20(29)27-9-11-28(12-10-27)21(30)16-5-8-26-19(14-16)22(31)6-7-22/h1-5,8,13-14,31H,6-7,9-12H2/b4-2+. The van der Waals surface area contributed by atoms with Crippen LogP contribution in [0.25, 0.3) is 6.08 Å². The summed E-state index contributed by atoms with van der Waals surface area (Å²) in [6.07, 6.45) is 2.00. The second kappa shape index (κ2) is 7.80. The van der Waals surface area contributed by atoms with Crippen LogP contribution < -0.4 is 9.47 Å². The minimum absolute atomic E-state index is 0.0585. The van der Waals surface area contributed by atoms with Gasteiger partial charge in [0.05, 0.1) is 5.69 Å². The van der Waals surface area contributed by atoms with E-state index in [0.717, 1.165) is 0 Å². The van der Waals surface area contributed by atoms with Crippen molar-refractivity contribution in [3.05, 3.63) is 59.4 Å². The molecule has 0 bridgehead atoms. The highest BCUT2D eigenvalue weighted by Crippen LogP contribution is 2.44. The van der Waals surface area contributed by atoms with Crippen molar-refractivity contribution in [2.75, 3.05) is 26.2 Å². The predicted molar refractivity (Wildman–Crippen MR) is 112 cm³/mol. The number of aromatic nitrogens is 1. The van der Waals surface area contributed by atoms with Gasteiger partial charge in [0.2, 0.25) is 5.91 Å². The largest absolute Gasteiger partial charge is 0.586 e.